The van der Waals surface area contributed by atoms with Gasteiger partial charge in [-0.05, 0) is 29.7 Å². The van der Waals surface area contributed by atoms with Gasteiger partial charge in [-0.25, -0.2) is 4.79 Å². The van der Waals surface area contributed by atoms with Gasteiger partial charge in [-0.2, -0.15) is 0 Å². The van der Waals surface area contributed by atoms with E-state index in [2.05, 4.69) is 6.92 Å². The first-order chi connectivity index (χ1) is 12.1. The lowest BCUT2D eigenvalue weighted by Crippen LogP contribution is -1.99. The molecule has 0 aliphatic rings. The molecule has 2 aromatic carbocycles. The largest absolute Gasteiger partial charge is 0.478 e. The van der Waals surface area contributed by atoms with Gasteiger partial charge in [-0.15, -0.1) is 0 Å². The van der Waals surface area contributed by atoms with Crippen LogP contribution < -0.4 is 0 Å². The lowest BCUT2D eigenvalue weighted by Gasteiger charge is -2.05. The van der Waals surface area contributed by atoms with E-state index in [1.54, 1.807) is 24.3 Å². The standard InChI is InChI=1S/C22H26O3/c1-2-3-4-5-6-7-8-21(23)19-13-9-17(10-14-19)18-11-15-20(16-12-18)22(24)25/h9-16H,2-8H2,1H3,(H,24,25). The molecule has 0 unspecified atom stereocenters. The molecule has 0 aromatic heterocycles. The van der Waals surface area contributed by atoms with Gasteiger partial charge in [-0.3, -0.25) is 4.79 Å². The minimum absolute atomic E-state index is 0.197. The Bertz CT molecular complexity index is 684. The Morgan fingerprint density at radius 3 is 1.72 bits per heavy atom. The summed E-state index contributed by atoms with van der Waals surface area (Å²) in [7, 11) is 0. The predicted molar refractivity (Wildman–Crippen MR) is 101 cm³/mol. The van der Waals surface area contributed by atoms with Gasteiger partial charge in [0.1, 0.15) is 0 Å². The van der Waals surface area contributed by atoms with Gasteiger partial charge in [0, 0.05) is 12.0 Å². The number of aromatic carboxylic acids is 1. The number of benzene rings is 2. The molecule has 0 fully saturated rings. The van der Waals surface area contributed by atoms with E-state index in [0.717, 1.165) is 29.5 Å². The SMILES string of the molecule is CCCCCCCCC(=O)c1ccc(-c2ccc(C(=O)O)cc2)cc1. The molecule has 0 heterocycles. The van der Waals surface area contributed by atoms with Crippen molar-refractivity contribution < 1.29 is 14.7 Å². The molecule has 132 valence electrons. The average Bonchev–Trinajstić information content (AvgIpc) is 2.64. The number of carboxylic acid groups (broad SMARTS) is 1. The summed E-state index contributed by atoms with van der Waals surface area (Å²) in [6, 6.07) is 14.3. The van der Waals surface area contributed by atoms with Crippen LogP contribution in [0.5, 0.6) is 0 Å². The van der Waals surface area contributed by atoms with Crippen molar-refractivity contribution in [1.29, 1.82) is 0 Å². The van der Waals surface area contributed by atoms with E-state index >= 15 is 0 Å². The van der Waals surface area contributed by atoms with Crippen LogP contribution in [0.15, 0.2) is 48.5 Å². The average molecular weight is 338 g/mol. The Morgan fingerprint density at radius 2 is 1.20 bits per heavy atom. The first-order valence-electron chi connectivity index (χ1n) is 9.09. The van der Waals surface area contributed by atoms with Gasteiger partial charge in [0.25, 0.3) is 0 Å². The molecule has 2 rings (SSSR count). The zero-order chi connectivity index (χ0) is 18.1. The molecule has 0 radical (unpaired) electrons. The number of hydrogen-bond acceptors (Lipinski definition) is 2. The monoisotopic (exact) mass is 338 g/mol. The molecule has 0 atom stereocenters. The van der Waals surface area contributed by atoms with Crippen molar-refractivity contribution in [3.8, 4) is 11.1 Å². The quantitative estimate of drug-likeness (QED) is 0.428. The smallest absolute Gasteiger partial charge is 0.335 e. The van der Waals surface area contributed by atoms with Crippen LogP contribution in [0.4, 0.5) is 0 Å². The van der Waals surface area contributed by atoms with Crippen LogP contribution in [-0.4, -0.2) is 16.9 Å². The van der Waals surface area contributed by atoms with Crippen LogP contribution in [0.2, 0.25) is 0 Å². The van der Waals surface area contributed by atoms with E-state index in [1.165, 1.54) is 25.7 Å². The van der Waals surface area contributed by atoms with Crippen LogP contribution in [0.25, 0.3) is 11.1 Å². The molecular weight excluding hydrogens is 312 g/mol. The van der Waals surface area contributed by atoms with Crippen molar-refractivity contribution >= 4 is 11.8 Å². The van der Waals surface area contributed by atoms with Crippen LogP contribution in [-0.2, 0) is 0 Å². The fraction of sp³-hybridized carbons (Fsp3) is 0.364. The minimum atomic E-state index is -0.929. The molecular formula is C22H26O3. The fourth-order valence-electron chi connectivity index (χ4n) is 2.86. The normalized spacial score (nSPS) is 10.6. The van der Waals surface area contributed by atoms with Gasteiger partial charge < -0.3 is 5.11 Å². The highest BCUT2D eigenvalue weighted by molar-refractivity contribution is 5.96. The van der Waals surface area contributed by atoms with Crippen molar-refractivity contribution in [3.63, 3.8) is 0 Å². The van der Waals surface area contributed by atoms with E-state index in [9.17, 15) is 9.59 Å². The third-order valence-electron chi connectivity index (χ3n) is 4.43. The highest BCUT2D eigenvalue weighted by Gasteiger charge is 2.07. The molecule has 0 bridgehead atoms. The second-order valence-corrected chi connectivity index (χ2v) is 6.40. The van der Waals surface area contributed by atoms with E-state index < -0.39 is 5.97 Å². The molecule has 25 heavy (non-hydrogen) atoms. The molecule has 3 heteroatoms. The second kappa shape index (κ2) is 9.77. The van der Waals surface area contributed by atoms with Crippen LogP contribution in [0.3, 0.4) is 0 Å². The Hall–Kier alpha value is -2.42. The van der Waals surface area contributed by atoms with Gasteiger partial charge in [-0.1, -0.05) is 75.4 Å². The summed E-state index contributed by atoms with van der Waals surface area (Å²) < 4.78 is 0. The number of carbonyl (C=O) groups is 2. The van der Waals surface area contributed by atoms with Crippen molar-refractivity contribution in [2.24, 2.45) is 0 Å². The van der Waals surface area contributed by atoms with Crippen molar-refractivity contribution in [3.05, 3.63) is 59.7 Å². The number of unbranched alkanes of at least 4 members (excludes halogenated alkanes) is 5. The van der Waals surface area contributed by atoms with E-state index in [0.29, 0.717) is 6.42 Å². The predicted octanol–water partition coefficient (Wildman–Crippen LogP) is 5.99. The van der Waals surface area contributed by atoms with E-state index in [4.69, 9.17) is 5.11 Å². The number of ketones is 1. The number of hydrogen-bond donors (Lipinski definition) is 1. The summed E-state index contributed by atoms with van der Waals surface area (Å²) in [6.07, 6.45) is 7.69. The number of Topliss-reactive ketones (excluding diaryl/α,β-unsaturated/α-hetero) is 1. The Balaban J connectivity index is 1.88. The maximum atomic E-state index is 12.2. The molecule has 0 saturated carbocycles. The van der Waals surface area contributed by atoms with Crippen LogP contribution in [0.1, 0.15) is 72.6 Å². The van der Waals surface area contributed by atoms with Crippen LogP contribution >= 0.6 is 0 Å². The van der Waals surface area contributed by atoms with Gasteiger partial charge in [0.2, 0.25) is 0 Å². The maximum absolute atomic E-state index is 12.2. The zero-order valence-corrected chi connectivity index (χ0v) is 14.8. The molecule has 3 nitrogen and oxygen atoms in total. The summed E-state index contributed by atoms with van der Waals surface area (Å²) in [5, 5.41) is 8.94. The van der Waals surface area contributed by atoms with Gasteiger partial charge in [0.05, 0.1) is 5.56 Å². The number of rotatable bonds is 10. The van der Waals surface area contributed by atoms with Crippen LogP contribution in [0, 0.1) is 0 Å². The molecule has 1 N–H and O–H groups in total. The van der Waals surface area contributed by atoms with Gasteiger partial charge in [0.15, 0.2) is 5.78 Å². The Morgan fingerprint density at radius 1 is 0.720 bits per heavy atom. The lowest BCUT2D eigenvalue weighted by molar-refractivity contribution is 0.0696. The lowest BCUT2D eigenvalue weighted by atomic mass is 9.99. The van der Waals surface area contributed by atoms with Crippen molar-refractivity contribution in [1.82, 2.24) is 0 Å². The topological polar surface area (TPSA) is 54.4 Å². The van der Waals surface area contributed by atoms with E-state index in [1.807, 2.05) is 24.3 Å². The number of carbonyl (C=O) groups excluding carboxylic acids is 1. The molecule has 2 aromatic rings. The zero-order valence-electron chi connectivity index (χ0n) is 14.8. The molecule has 0 spiro atoms. The molecule has 0 amide bonds. The van der Waals surface area contributed by atoms with Crippen molar-refractivity contribution in [2.75, 3.05) is 0 Å². The fourth-order valence-corrected chi connectivity index (χ4v) is 2.86. The Labute approximate surface area is 149 Å². The summed E-state index contributed by atoms with van der Waals surface area (Å²) >= 11 is 0. The minimum Gasteiger partial charge on any atom is -0.478 e. The summed E-state index contributed by atoms with van der Waals surface area (Å²) in [4.78, 5) is 23.1. The first-order valence-corrected chi connectivity index (χ1v) is 9.09. The third kappa shape index (κ3) is 5.86. The molecule has 0 aliphatic carbocycles. The summed E-state index contributed by atoms with van der Waals surface area (Å²) in [5.74, 6) is -0.731. The first kappa shape index (κ1) is 18.9. The van der Waals surface area contributed by atoms with Crippen molar-refractivity contribution in [2.45, 2.75) is 51.9 Å². The second-order valence-electron chi connectivity index (χ2n) is 6.40. The highest BCUT2D eigenvalue weighted by Crippen LogP contribution is 2.21. The third-order valence-corrected chi connectivity index (χ3v) is 4.43. The Kier molecular flexibility index (Phi) is 7.39. The van der Waals surface area contributed by atoms with Gasteiger partial charge >= 0.3 is 5.97 Å². The number of carboxylic acids is 1. The molecule has 0 saturated heterocycles. The summed E-state index contributed by atoms with van der Waals surface area (Å²) in [6.45, 7) is 2.20. The van der Waals surface area contributed by atoms with E-state index in [-0.39, 0.29) is 11.3 Å². The molecule has 0 aliphatic heterocycles. The maximum Gasteiger partial charge on any atom is 0.335 e. The highest BCUT2D eigenvalue weighted by atomic mass is 16.4. The summed E-state index contributed by atoms with van der Waals surface area (Å²) in [5.41, 5.74) is 2.95.